The fourth-order valence-corrected chi connectivity index (χ4v) is 5.09. The number of nitrogens with one attached hydrogen (secondary N) is 2. The van der Waals surface area contributed by atoms with E-state index >= 15 is 0 Å². The molecule has 0 unspecified atom stereocenters. The first-order valence-electron chi connectivity index (χ1n) is 10.3. The number of fused-ring (bicyclic) bond motifs is 1. The molecule has 3 rings (SSSR count). The van der Waals surface area contributed by atoms with Crippen LogP contribution in [0, 0.1) is 5.92 Å². The minimum atomic E-state index is -0.433. The maximum Gasteiger partial charge on any atom is 0.407 e. The molecule has 0 spiro atoms. The molecule has 4 N–H and O–H groups in total. The van der Waals surface area contributed by atoms with Gasteiger partial charge in [0.25, 0.3) is 0 Å². The number of carbonyl (C=O) groups excluding carboxylic acids is 1. The lowest BCUT2D eigenvalue weighted by molar-refractivity contribution is 0.0486. The Hall–Kier alpha value is -1.34. The molecule has 1 aromatic heterocycles. The van der Waals surface area contributed by atoms with Crippen LogP contribution in [0.15, 0.2) is 0 Å². The van der Waals surface area contributed by atoms with Crippen molar-refractivity contribution in [1.29, 1.82) is 0 Å². The highest BCUT2D eigenvalue weighted by Crippen LogP contribution is 2.29. The molecule has 6 nitrogen and oxygen atoms in total. The first-order chi connectivity index (χ1) is 12.8. The van der Waals surface area contributed by atoms with E-state index in [0.717, 1.165) is 44.6 Å². The quantitative estimate of drug-likeness (QED) is 0.709. The van der Waals surface area contributed by atoms with Crippen LogP contribution in [0.25, 0.3) is 0 Å². The third-order valence-corrected chi connectivity index (χ3v) is 6.46. The van der Waals surface area contributed by atoms with Gasteiger partial charge >= 0.3 is 6.09 Å². The lowest BCUT2D eigenvalue weighted by Crippen LogP contribution is -2.41. The molecule has 1 atom stereocenters. The van der Waals surface area contributed by atoms with E-state index < -0.39 is 5.60 Å². The van der Waals surface area contributed by atoms with Gasteiger partial charge in [-0.1, -0.05) is 0 Å². The van der Waals surface area contributed by atoms with Crippen molar-refractivity contribution in [2.24, 2.45) is 5.92 Å². The fourth-order valence-electron chi connectivity index (χ4n) is 4.13. The topological polar surface area (TPSA) is 89.3 Å². The molecule has 7 heteroatoms. The van der Waals surface area contributed by atoms with E-state index in [1.54, 1.807) is 11.3 Å². The van der Waals surface area contributed by atoms with Gasteiger partial charge in [-0.15, -0.1) is 11.3 Å². The summed E-state index contributed by atoms with van der Waals surface area (Å²) >= 11 is 1.65. The van der Waals surface area contributed by atoms with Crippen molar-refractivity contribution < 1.29 is 9.53 Å². The Morgan fingerprint density at radius 2 is 1.96 bits per heavy atom. The van der Waals surface area contributed by atoms with Gasteiger partial charge in [0.1, 0.15) is 5.60 Å². The lowest BCUT2D eigenvalue weighted by atomic mass is 9.84. The Morgan fingerprint density at radius 3 is 2.67 bits per heavy atom. The number of hydrogen-bond donors (Lipinski definition) is 3. The summed E-state index contributed by atoms with van der Waals surface area (Å²) in [5, 5.41) is 7.47. The van der Waals surface area contributed by atoms with E-state index in [0.29, 0.717) is 11.2 Å². The number of rotatable bonds is 5. The molecule has 1 saturated carbocycles. The van der Waals surface area contributed by atoms with E-state index in [9.17, 15) is 4.79 Å². The third kappa shape index (κ3) is 6.35. The van der Waals surface area contributed by atoms with Crippen LogP contribution in [0.4, 0.5) is 9.93 Å². The zero-order valence-electron chi connectivity index (χ0n) is 16.8. The van der Waals surface area contributed by atoms with Crippen LogP contribution in [0.1, 0.15) is 69.9 Å². The zero-order valence-corrected chi connectivity index (χ0v) is 17.7. The van der Waals surface area contributed by atoms with Crippen LogP contribution >= 0.6 is 11.3 Å². The average Bonchev–Trinajstić information content (AvgIpc) is 2.94. The molecule has 2 aliphatic rings. The van der Waals surface area contributed by atoms with Crippen molar-refractivity contribution in [2.45, 2.75) is 89.8 Å². The fraction of sp³-hybridized carbons (Fsp3) is 0.800. The van der Waals surface area contributed by atoms with Gasteiger partial charge in [0, 0.05) is 17.0 Å². The van der Waals surface area contributed by atoms with Crippen molar-refractivity contribution in [3.05, 3.63) is 10.6 Å². The lowest BCUT2D eigenvalue weighted by Gasteiger charge is -2.30. The molecule has 0 radical (unpaired) electrons. The van der Waals surface area contributed by atoms with Gasteiger partial charge in [-0.25, -0.2) is 9.78 Å². The van der Waals surface area contributed by atoms with E-state index in [1.165, 1.54) is 29.8 Å². The van der Waals surface area contributed by atoms with Crippen LogP contribution in [-0.2, 0) is 17.6 Å². The van der Waals surface area contributed by atoms with Crippen molar-refractivity contribution in [3.8, 4) is 0 Å². The predicted octanol–water partition coefficient (Wildman–Crippen LogP) is 3.65. The second-order valence-corrected chi connectivity index (χ2v) is 10.1. The van der Waals surface area contributed by atoms with E-state index in [2.05, 4.69) is 15.6 Å². The van der Waals surface area contributed by atoms with Crippen LogP contribution < -0.4 is 16.4 Å². The highest BCUT2D eigenvalue weighted by molar-refractivity contribution is 7.15. The average molecular weight is 395 g/mol. The number of alkyl carbamates (subject to hydrolysis) is 1. The van der Waals surface area contributed by atoms with E-state index in [1.807, 2.05) is 20.8 Å². The summed E-state index contributed by atoms with van der Waals surface area (Å²) in [6.45, 7) is 6.76. The Kier molecular flexibility index (Phi) is 6.63. The molecule has 27 heavy (non-hydrogen) atoms. The van der Waals surface area contributed by atoms with Crippen LogP contribution in [0.5, 0.6) is 0 Å². The number of aromatic nitrogens is 1. The van der Waals surface area contributed by atoms with Crippen LogP contribution in [0.2, 0.25) is 0 Å². The normalized spacial score (nSPS) is 25.7. The van der Waals surface area contributed by atoms with Crippen molar-refractivity contribution >= 4 is 22.6 Å². The van der Waals surface area contributed by atoms with Gasteiger partial charge in [-0.2, -0.15) is 0 Å². The Morgan fingerprint density at radius 1 is 1.22 bits per heavy atom. The number of amides is 1. The summed E-state index contributed by atoms with van der Waals surface area (Å²) in [6.07, 6.45) is 8.67. The third-order valence-electron chi connectivity index (χ3n) is 5.51. The summed E-state index contributed by atoms with van der Waals surface area (Å²) in [5.74, 6) is 0.757. The predicted molar refractivity (Wildman–Crippen MR) is 110 cm³/mol. The second kappa shape index (κ2) is 8.78. The number of carbonyl (C=O) groups is 1. The molecular formula is C20H34N4O2S. The molecule has 1 heterocycles. The molecule has 152 valence electrons. The molecule has 0 aromatic carbocycles. The van der Waals surface area contributed by atoms with E-state index in [-0.39, 0.29) is 12.1 Å². The van der Waals surface area contributed by atoms with Gasteiger partial charge < -0.3 is 21.1 Å². The molecule has 1 aromatic rings. The maximum atomic E-state index is 11.9. The Balaban J connectivity index is 1.30. The van der Waals surface area contributed by atoms with Crippen LogP contribution in [-0.4, -0.2) is 35.3 Å². The van der Waals surface area contributed by atoms with Crippen molar-refractivity contribution in [3.63, 3.8) is 0 Å². The molecule has 0 bridgehead atoms. The number of anilines is 1. The summed E-state index contributed by atoms with van der Waals surface area (Å²) in [6, 6.07) is 0.820. The Labute approximate surface area is 166 Å². The minimum absolute atomic E-state index is 0.262. The van der Waals surface area contributed by atoms with Gasteiger partial charge in [-0.05, 0) is 84.6 Å². The number of thiazole rings is 1. The van der Waals surface area contributed by atoms with Gasteiger partial charge in [0.15, 0.2) is 5.13 Å². The van der Waals surface area contributed by atoms with Crippen LogP contribution in [0.3, 0.4) is 0 Å². The molecule has 1 amide bonds. The monoisotopic (exact) mass is 394 g/mol. The minimum Gasteiger partial charge on any atom is -0.444 e. The molecule has 0 aliphatic heterocycles. The summed E-state index contributed by atoms with van der Waals surface area (Å²) in [5.41, 5.74) is 6.61. The SMILES string of the molecule is CC(C)(C)OC(=O)NC1CCC(CCN[C@H]2CCc3nc(N)sc3C2)CC1. The Bertz CT molecular complexity index is 632. The number of nitrogen functional groups attached to an aromatic ring is 1. The zero-order chi connectivity index (χ0) is 19.4. The molecular weight excluding hydrogens is 360 g/mol. The highest BCUT2D eigenvalue weighted by Gasteiger charge is 2.25. The van der Waals surface area contributed by atoms with Crippen molar-refractivity contribution in [1.82, 2.24) is 15.6 Å². The summed E-state index contributed by atoms with van der Waals surface area (Å²) < 4.78 is 5.35. The standard InChI is InChI=1S/C20H34N4O2S/c1-20(2,3)26-19(25)23-14-6-4-13(5-7-14)10-11-22-15-8-9-16-17(12-15)27-18(21)24-16/h13-15,22H,4-12H2,1-3H3,(H2,21,24)(H,23,25)/t13?,14?,15-/m0/s1. The smallest absolute Gasteiger partial charge is 0.407 e. The number of ether oxygens (including phenoxy) is 1. The first kappa shape index (κ1) is 20.4. The highest BCUT2D eigenvalue weighted by atomic mass is 32.1. The second-order valence-electron chi connectivity index (χ2n) is 8.97. The van der Waals surface area contributed by atoms with Gasteiger partial charge in [0.2, 0.25) is 0 Å². The van der Waals surface area contributed by atoms with Gasteiger partial charge in [0.05, 0.1) is 5.69 Å². The van der Waals surface area contributed by atoms with Crippen molar-refractivity contribution in [2.75, 3.05) is 12.3 Å². The molecule has 0 saturated heterocycles. The first-order valence-corrected chi connectivity index (χ1v) is 11.1. The number of aryl methyl sites for hydroxylation is 1. The van der Waals surface area contributed by atoms with E-state index in [4.69, 9.17) is 10.5 Å². The molecule has 2 aliphatic carbocycles. The maximum absolute atomic E-state index is 11.9. The van der Waals surface area contributed by atoms with Gasteiger partial charge in [-0.3, -0.25) is 0 Å². The summed E-state index contributed by atoms with van der Waals surface area (Å²) in [7, 11) is 0. The number of nitrogens with zero attached hydrogens (tertiary/aromatic N) is 1. The number of nitrogens with two attached hydrogens (primary N) is 1. The number of hydrogen-bond acceptors (Lipinski definition) is 6. The molecule has 1 fully saturated rings. The summed E-state index contributed by atoms with van der Waals surface area (Å²) in [4.78, 5) is 17.7. The largest absolute Gasteiger partial charge is 0.444 e.